The number of hydrogen-bond donors (Lipinski definition) is 1. The third-order valence-electron chi connectivity index (χ3n) is 5.21. The Balaban J connectivity index is 1.69. The van der Waals surface area contributed by atoms with E-state index in [0.717, 1.165) is 18.0 Å². The van der Waals surface area contributed by atoms with E-state index in [1.807, 2.05) is 0 Å². The van der Waals surface area contributed by atoms with Gasteiger partial charge in [-0.05, 0) is 51.1 Å². The molecule has 1 aliphatic carbocycles. The number of nitrogens with zero attached hydrogens (tertiary/aromatic N) is 1. The molecule has 3 unspecified atom stereocenters. The maximum absolute atomic E-state index is 3.87. The van der Waals surface area contributed by atoms with Gasteiger partial charge in [-0.15, -0.1) is 0 Å². The van der Waals surface area contributed by atoms with Crippen molar-refractivity contribution in [3.63, 3.8) is 0 Å². The lowest BCUT2D eigenvalue weighted by molar-refractivity contribution is 0.250. The second-order valence-electron chi connectivity index (χ2n) is 6.31. The Morgan fingerprint density at radius 2 is 1.89 bits per heavy atom. The molecule has 1 saturated heterocycles. The van der Waals surface area contributed by atoms with Crippen molar-refractivity contribution >= 4 is 0 Å². The summed E-state index contributed by atoms with van der Waals surface area (Å²) in [5, 5.41) is 3.87. The lowest BCUT2D eigenvalue weighted by atomic mass is 9.98. The van der Waals surface area contributed by atoms with Crippen molar-refractivity contribution in [1.29, 1.82) is 0 Å². The van der Waals surface area contributed by atoms with Gasteiger partial charge < -0.3 is 5.32 Å². The third-order valence-corrected chi connectivity index (χ3v) is 5.21. The second kappa shape index (κ2) is 7.49. The summed E-state index contributed by atoms with van der Waals surface area (Å²) >= 11 is 0. The predicted octanol–water partition coefficient (Wildman–Crippen LogP) is 3.42. The second-order valence-corrected chi connectivity index (χ2v) is 6.31. The summed E-state index contributed by atoms with van der Waals surface area (Å²) in [5.74, 6) is 1.01. The highest BCUT2D eigenvalue weighted by Crippen LogP contribution is 2.25. The van der Waals surface area contributed by atoms with Crippen LogP contribution in [0.1, 0.15) is 65.2 Å². The van der Waals surface area contributed by atoms with Crippen LogP contribution in [0.2, 0.25) is 0 Å². The molecule has 0 radical (unpaired) electrons. The summed E-state index contributed by atoms with van der Waals surface area (Å²) in [6, 6.07) is 1.63. The van der Waals surface area contributed by atoms with Gasteiger partial charge in [0.05, 0.1) is 0 Å². The van der Waals surface area contributed by atoms with Crippen LogP contribution in [-0.2, 0) is 0 Å². The van der Waals surface area contributed by atoms with Crippen molar-refractivity contribution in [3.05, 3.63) is 0 Å². The van der Waals surface area contributed by atoms with Crippen LogP contribution in [0, 0.1) is 5.92 Å². The van der Waals surface area contributed by atoms with Crippen molar-refractivity contribution in [2.45, 2.75) is 77.3 Å². The molecular formula is C16H32N2. The Morgan fingerprint density at radius 3 is 2.67 bits per heavy atom. The fraction of sp³-hybridized carbons (Fsp3) is 1.00. The van der Waals surface area contributed by atoms with E-state index in [1.54, 1.807) is 0 Å². The first-order chi connectivity index (χ1) is 8.83. The molecule has 1 saturated carbocycles. The quantitative estimate of drug-likeness (QED) is 0.754. The summed E-state index contributed by atoms with van der Waals surface area (Å²) in [4.78, 5) is 2.65. The van der Waals surface area contributed by atoms with E-state index in [-0.39, 0.29) is 0 Å². The molecule has 1 N–H and O–H groups in total. The standard InChI is InChI=1S/C16H32N2/c1-3-14-7-5-8-15(11-10-14)17-13-16-9-6-12-18(16)4-2/h14-17H,3-13H2,1-2H3. The topological polar surface area (TPSA) is 15.3 Å². The number of hydrogen-bond acceptors (Lipinski definition) is 2. The molecule has 1 heterocycles. The van der Waals surface area contributed by atoms with E-state index in [1.165, 1.54) is 71.0 Å². The smallest absolute Gasteiger partial charge is 0.0221 e. The fourth-order valence-corrected chi connectivity index (χ4v) is 3.84. The molecule has 1 aliphatic heterocycles. The molecule has 2 aliphatic rings. The van der Waals surface area contributed by atoms with Crippen molar-refractivity contribution in [3.8, 4) is 0 Å². The molecule has 0 aromatic carbocycles. The van der Waals surface area contributed by atoms with Crippen molar-refractivity contribution < 1.29 is 0 Å². The molecule has 2 fully saturated rings. The first kappa shape index (κ1) is 14.3. The zero-order chi connectivity index (χ0) is 12.8. The van der Waals surface area contributed by atoms with Crippen LogP contribution in [0.15, 0.2) is 0 Å². The summed E-state index contributed by atoms with van der Waals surface area (Å²) in [6.45, 7) is 8.45. The first-order valence-electron chi connectivity index (χ1n) is 8.30. The van der Waals surface area contributed by atoms with E-state index in [9.17, 15) is 0 Å². The third kappa shape index (κ3) is 3.96. The van der Waals surface area contributed by atoms with Gasteiger partial charge in [-0.25, -0.2) is 0 Å². The molecule has 0 aromatic heterocycles. The zero-order valence-electron chi connectivity index (χ0n) is 12.5. The molecule has 0 bridgehead atoms. The molecule has 106 valence electrons. The van der Waals surface area contributed by atoms with Crippen LogP contribution < -0.4 is 5.32 Å². The van der Waals surface area contributed by atoms with E-state index < -0.39 is 0 Å². The van der Waals surface area contributed by atoms with Gasteiger partial charge >= 0.3 is 0 Å². The van der Waals surface area contributed by atoms with Crippen LogP contribution >= 0.6 is 0 Å². The maximum atomic E-state index is 3.87. The molecule has 2 nitrogen and oxygen atoms in total. The van der Waals surface area contributed by atoms with Gasteiger partial charge in [-0.2, -0.15) is 0 Å². The highest BCUT2D eigenvalue weighted by Gasteiger charge is 2.24. The average Bonchev–Trinajstić information content (AvgIpc) is 2.73. The van der Waals surface area contributed by atoms with Crippen LogP contribution in [0.25, 0.3) is 0 Å². The predicted molar refractivity (Wildman–Crippen MR) is 78.9 cm³/mol. The van der Waals surface area contributed by atoms with Gasteiger partial charge in [0.2, 0.25) is 0 Å². The summed E-state index contributed by atoms with van der Waals surface area (Å²) in [6.07, 6.45) is 11.4. The number of likely N-dealkylation sites (tertiary alicyclic amines) is 1. The molecule has 0 aromatic rings. The molecule has 2 rings (SSSR count). The summed E-state index contributed by atoms with van der Waals surface area (Å²) in [7, 11) is 0. The largest absolute Gasteiger partial charge is 0.312 e. The summed E-state index contributed by atoms with van der Waals surface area (Å²) in [5.41, 5.74) is 0. The molecule has 2 heteroatoms. The molecule has 0 spiro atoms. The monoisotopic (exact) mass is 252 g/mol. The Kier molecular flexibility index (Phi) is 5.97. The first-order valence-corrected chi connectivity index (χ1v) is 8.30. The number of nitrogens with one attached hydrogen (secondary N) is 1. The van der Waals surface area contributed by atoms with Gasteiger partial charge in [0.15, 0.2) is 0 Å². The van der Waals surface area contributed by atoms with E-state index >= 15 is 0 Å². The highest BCUT2D eigenvalue weighted by atomic mass is 15.2. The lowest BCUT2D eigenvalue weighted by Crippen LogP contribution is -2.41. The van der Waals surface area contributed by atoms with Gasteiger partial charge in [0.25, 0.3) is 0 Å². The van der Waals surface area contributed by atoms with Gasteiger partial charge in [0.1, 0.15) is 0 Å². The minimum atomic E-state index is 0.806. The number of rotatable bonds is 5. The molecular weight excluding hydrogens is 220 g/mol. The van der Waals surface area contributed by atoms with Crippen molar-refractivity contribution in [2.75, 3.05) is 19.6 Å². The van der Waals surface area contributed by atoms with Crippen LogP contribution in [-0.4, -0.2) is 36.6 Å². The van der Waals surface area contributed by atoms with E-state index in [2.05, 4.69) is 24.1 Å². The van der Waals surface area contributed by atoms with Crippen LogP contribution in [0.4, 0.5) is 0 Å². The van der Waals surface area contributed by atoms with E-state index in [4.69, 9.17) is 0 Å². The Hall–Kier alpha value is -0.0800. The maximum Gasteiger partial charge on any atom is 0.0221 e. The highest BCUT2D eigenvalue weighted by molar-refractivity contribution is 4.82. The minimum absolute atomic E-state index is 0.806. The molecule has 0 amide bonds. The van der Waals surface area contributed by atoms with E-state index in [0.29, 0.717) is 0 Å². The molecule has 18 heavy (non-hydrogen) atoms. The fourth-order valence-electron chi connectivity index (χ4n) is 3.84. The summed E-state index contributed by atoms with van der Waals surface area (Å²) < 4.78 is 0. The average molecular weight is 252 g/mol. The van der Waals surface area contributed by atoms with Gasteiger partial charge in [0, 0.05) is 18.6 Å². The minimum Gasteiger partial charge on any atom is -0.312 e. The Morgan fingerprint density at radius 1 is 1.00 bits per heavy atom. The van der Waals surface area contributed by atoms with Crippen molar-refractivity contribution in [2.24, 2.45) is 5.92 Å². The van der Waals surface area contributed by atoms with Crippen LogP contribution in [0.3, 0.4) is 0 Å². The Labute approximate surface area is 114 Å². The van der Waals surface area contributed by atoms with Crippen molar-refractivity contribution in [1.82, 2.24) is 10.2 Å². The lowest BCUT2D eigenvalue weighted by Gasteiger charge is -2.26. The molecule has 3 atom stereocenters. The van der Waals surface area contributed by atoms with Gasteiger partial charge in [-0.3, -0.25) is 4.90 Å². The Bertz CT molecular complexity index is 229. The number of likely N-dealkylation sites (N-methyl/N-ethyl adjacent to an activating group) is 1. The van der Waals surface area contributed by atoms with Crippen LogP contribution in [0.5, 0.6) is 0 Å². The normalized spacial score (nSPS) is 34.7. The van der Waals surface area contributed by atoms with Gasteiger partial charge in [-0.1, -0.05) is 33.1 Å². The SMILES string of the molecule is CCC1CCCC(NCC2CCCN2CC)CC1. The zero-order valence-corrected chi connectivity index (χ0v) is 12.5.